The zero-order valence-corrected chi connectivity index (χ0v) is 10.8. The SMILES string of the molecule is CC1CCCC(CN(C(=O)O)C(C)(C)C)N1. The molecule has 2 atom stereocenters. The minimum absolute atomic E-state index is 0.305. The largest absolute Gasteiger partial charge is 0.465 e. The monoisotopic (exact) mass is 228 g/mol. The number of piperidine rings is 1. The molecule has 4 heteroatoms. The van der Waals surface area contributed by atoms with Crippen molar-refractivity contribution in [1.82, 2.24) is 10.2 Å². The lowest BCUT2D eigenvalue weighted by Crippen LogP contribution is -2.54. The van der Waals surface area contributed by atoms with Crippen molar-refractivity contribution in [2.75, 3.05) is 6.54 Å². The second-order valence-electron chi connectivity index (χ2n) is 5.76. The summed E-state index contributed by atoms with van der Waals surface area (Å²) in [5, 5.41) is 12.7. The number of carbonyl (C=O) groups is 1. The van der Waals surface area contributed by atoms with Gasteiger partial charge in [0.1, 0.15) is 0 Å². The summed E-state index contributed by atoms with van der Waals surface area (Å²) in [6.07, 6.45) is 2.63. The van der Waals surface area contributed by atoms with Gasteiger partial charge in [0, 0.05) is 24.2 Å². The van der Waals surface area contributed by atoms with Gasteiger partial charge in [-0.3, -0.25) is 0 Å². The van der Waals surface area contributed by atoms with Crippen molar-refractivity contribution in [1.29, 1.82) is 0 Å². The average molecular weight is 228 g/mol. The van der Waals surface area contributed by atoms with Crippen molar-refractivity contribution in [3.8, 4) is 0 Å². The van der Waals surface area contributed by atoms with Crippen LogP contribution in [0.1, 0.15) is 47.0 Å². The summed E-state index contributed by atoms with van der Waals surface area (Å²) < 4.78 is 0. The highest BCUT2D eigenvalue weighted by Crippen LogP contribution is 2.18. The van der Waals surface area contributed by atoms with Gasteiger partial charge in [0.05, 0.1) is 0 Å². The Morgan fingerprint density at radius 3 is 2.50 bits per heavy atom. The lowest BCUT2D eigenvalue weighted by atomic mass is 9.97. The summed E-state index contributed by atoms with van der Waals surface area (Å²) in [5.41, 5.74) is -0.325. The third-order valence-electron chi connectivity index (χ3n) is 3.15. The van der Waals surface area contributed by atoms with Gasteiger partial charge in [-0.15, -0.1) is 0 Å². The summed E-state index contributed by atoms with van der Waals surface area (Å²) in [4.78, 5) is 12.7. The maximum atomic E-state index is 11.2. The van der Waals surface area contributed by atoms with Crippen LogP contribution in [-0.4, -0.2) is 40.3 Å². The summed E-state index contributed by atoms with van der Waals surface area (Å²) in [5.74, 6) is 0. The van der Waals surface area contributed by atoms with E-state index < -0.39 is 6.09 Å². The van der Waals surface area contributed by atoms with Crippen molar-refractivity contribution in [3.63, 3.8) is 0 Å². The van der Waals surface area contributed by atoms with E-state index in [1.165, 1.54) is 17.7 Å². The van der Waals surface area contributed by atoms with Gasteiger partial charge >= 0.3 is 6.09 Å². The molecule has 16 heavy (non-hydrogen) atoms. The van der Waals surface area contributed by atoms with Gasteiger partial charge in [-0.2, -0.15) is 0 Å². The summed E-state index contributed by atoms with van der Waals surface area (Å²) in [6.45, 7) is 8.56. The van der Waals surface area contributed by atoms with E-state index in [1.807, 2.05) is 20.8 Å². The Hall–Kier alpha value is -0.770. The third kappa shape index (κ3) is 3.67. The molecule has 1 amide bonds. The molecule has 0 aliphatic carbocycles. The maximum absolute atomic E-state index is 11.2. The standard InChI is InChI=1S/C12H24N2O2/c1-9-6-5-7-10(13-9)8-14(11(15)16)12(2,3)4/h9-10,13H,5-8H2,1-4H3,(H,15,16). The molecule has 2 N–H and O–H groups in total. The van der Waals surface area contributed by atoms with Crippen molar-refractivity contribution >= 4 is 6.09 Å². The number of rotatable bonds is 2. The van der Waals surface area contributed by atoms with E-state index in [2.05, 4.69) is 12.2 Å². The molecule has 0 spiro atoms. The molecular weight excluding hydrogens is 204 g/mol. The zero-order chi connectivity index (χ0) is 12.3. The lowest BCUT2D eigenvalue weighted by Gasteiger charge is -2.38. The molecule has 94 valence electrons. The first-order chi connectivity index (χ1) is 7.30. The van der Waals surface area contributed by atoms with E-state index in [0.717, 1.165) is 6.42 Å². The predicted octanol–water partition coefficient (Wildman–Crippen LogP) is 2.30. The highest BCUT2D eigenvalue weighted by molar-refractivity contribution is 5.66. The van der Waals surface area contributed by atoms with Crippen LogP contribution in [-0.2, 0) is 0 Å². The number of hydrogen-bond acceptors (Lipinski definition) is 2. The molecule has 0 aromatic heterocycles. The smallest absolute Gasteiger partial charge is 0.407 e. The minimum atomic E-state index is -0.826. The van der Waals surface area contributed by atoms with Crippen LogP contribution in [0.4, 0.5) is 4.79 Å². The van der Waals surface area contributed by atoms with Crippen LogP contribution in [0.25, 0.3) is 0 Å². The molecule has 1 saturated heterocycles. The Kier molecular flexibility index (Phi) is 4.19. The molecule has 0 aromatic rings. The summed E-state index contributed by atoms with van der Waals surface area (Å²) in [6, 6.07) is 0.813. The van der Waals surface area contributed by atoms with E-state index in [0.29, 0.717) is 18.6 Å². The van der Waals surface area contributed by atoms with Crippen LogP contribution < -0.4 is 5.32 Å². The Morgan fingerprint density at radius 2 is 2.06 bits per heavy atom. The van der Waals surface area contributed by atoms with Gasteiger partial charge in [-0.25, -0.2) is 4.79 Å². The van der Waals surface area contributed by atoms with Gasteiger partial charge in [-0.05, 0) is 40.5 Å². The first-order valence-corrected chi connectivity index (χ1v) is 6.07. The zero-order valence-electron chi connectivity index (χ0n) is 10.8. The number of hydrogen-bond donors (Lipinski definition) is 2. The van der Waals surface area contributed by atoms with Gasteiger partial charge in [0.15, 0.2) is 0 Å². The first-order valence-electron chi connectivity index (χ1n) is 6.07. The second-order valence-corrected chi connectivity index (χ2v) is 5.76. The van der Waals surface area contributed by atoms with Gasteiger partial charge in [-0.1, -0.05) is 6.42 Å². The normalized spacial score (nSPS) is 26.5. The molecule has 0 aromatic carbocycles. The van der Waals surface area contributed by atoms with Gasteiger partial charge in [0.25, 0.3) is 0 Å². The number of nitrogens with one attached hydrogen (secondary N) is 1. The Morgan fingerprint density at radius 1 is 1.44 bits per heavy atom. The molecule has 4 nitrogen and oxygen atoms in total. The molecule has 1 fully saturated rings. The molecule has 1 aliphatic rings. The van der Waals surface area contributed by atoms with Crippen LogP contribution in [0, 0.1) is 0 Å². The van der Waals surface area contributed by atoms with E-state index in [-0.39, 0.29) is 5.54 Å². The van der Waals surface area contributed by atoms with Crippen LogP contribution in [0.2, 0.25) is 0 Å². The summed E-state index contributed by atoms with van der Waals surface area (Å²) >= 11 is 0. The molecule has 1 heterocycles. The molecule has 2 unspecified atom stereocenters. The average Bonchev–Trinajstić information content (AvgIpc) is 2.12. The quantitative estimate of drug-likeness (QED) is 0.762. The Bertz CT molecular complexity index is 248. The van der Waals surface area contributed by atoms with Crippen molar-refractivity contribution < 1.29 is 9.90 Å². The molecular formula is C12H24N2O2. The number of nitrogens with zero attached hydrogens (tertiary/aromatic N) is 1. The van der Waals surface area contributed by atoms with Gasteiger partial charge in [0.2, 0.25) is 0 Å². The topological polar surface area (TPSA) is 52.6 Å². The summed E-state index contributed by atoms with van der Waals surface area (Å²) in [7, 11) is 0. The molecule has 0 saturated carbocycles. The van der Waals surface area contributed by atoms with E-state index >= 15 is 0 Å². The van der Waals surface area contributed by atoms with Crippen LogP contribution in [0.15, 0.2) is 0 Å². The van der Waals surface area contributed by atoms with E-state index in [4.69, 9.17) is 0 Å². The maximum Gasteiger partial charge on any atom is 0.407 e. The van der Waals surface area contributed by atoms with E-state index in [9.17, 15) is 9.90 Å². The molecule has 1 rings (SSSR count). The van der Waals surface area contributed by atoms with Crippen LogP contribution in [0.5, 0.6) is 0 Å². The van der Waals surface area contributed by atoms with Gasteiger partial charge < -0.3 is 15.3 Å². The van der Waals surface area contributed by atoms with Crippen molar-refractivity contribution in [2.24, 2.45) is 0 Å². The first kappa shape index (κ1) is 13.3. The van der Waals surface area contributed by atoms with Crippen molar-refractivity contribution in [3.05, 3.63) is 0 Å². The second kappa shape index (κ2) is 5.04. The van der Waals surface area contributed by atoms with Crippen molar-refractivity contribution in [2.45, 2.75) is 64.6 Å². The third-order valence-corrected chi connectivity index (χ3v) is 3.15. The minimum Gasteiger partial charge on any atom is -0.465 e. The molecule has 0 radical (unpaired) electrons. The molecule has 0 bridgehead atoms. The fourth-order valence-electron chi connectivity index (χ4n) is 2.24. The van der Waals surface area contributed by atoms with E-state index in [1.54, 1.807) is 0 Å². The predicted molar refractivity (Wildman–Crippen MR) is 64.7 cm³/mol. The number of amides is 1. The highest BCUT2D eigenvalue weighted by Gasteiger charge is 2.29. The highest BCUT2D eigenvalue weighted by atomic mass is 16.4. The lowest BCUT2D eigenvalue weighted by molar-refractivity contribution is 0.0879. The van der Waals surface area contributed by atoms with Crippen LogP contribution >= 0.6 is 0 Å². The Balaban J connectivity index is 2.58. The fourth-order valence-corrected chi connectivity index (χ4v) is 2.24. The van der Waals surface area contributed by atoms with Crippen LogP contribution in [0.3, 0.4) is 0 Å². The fraction of sp³-hybridized carbons (Fsp3) is 0.917. The Labute approximate surface area is 98.0 Å². The molecule has 1 aliphatic heterocycles. The number of carboxylic acid groups (broad SMARTS) is 1.